The molecule has 0 unspecified atom stereocenters. The first-order chi connectivity index (χ1) is 11.5. The molecule has 4 rings (SSSR count). The van der Waals surface area contributed by atoms with Crippen LogP contribution in [0.3, 0.4) is 0 Å². The van der Waals surface area contributed by atoms with Crippen molar-refractivity contribution in [3.63, 3.8) is 0 Å². The van der Waals surface area contributed by atoms with Gasteiger partial charge in [-0.25, -0.2) is 0 Å². The maximum Gasteiger partial charge on any atom is 0.171 e. The summed E-state index contributed by atoms with van der Waals surface area (Å²) in [7, 11) is 0. The Morgan fingerprint density at radius 1 is 1.00 bits per heavy atom. The van der Waals surface area contributed by atoms with Crippen LogP contribution in [0.2, 0.25) is 0 Å². The number of carbonyl (C=O) groups excluding carboxylic acids is 1. The molecule has 2 aromatic carbocycles. The number of allylic oxidation sites excluding steroid dienone is 2. The third kappa shape index (κ3) is 2.78. The van der Waals surface area contributed by atoms with Crippen LogP contribution in [0.15, 0.2) is 70.1 Å². The number of fused-ring (bicyclic) bond motifs is 1. The summed E-state index contributed by atoms with van der Waals surface area (Å²) in [5.74, 6) is 0.291. The molecule has 122 valence electrons. The first-order valence-corrected chi connectivity index (χ1v) is 9.20. The van der Waals surface area contributed by atoms with Crippen LogP contribution in [0.5, 0.6) is 0 Å². The first-order valence-electron chi connectivity index (χ1n) is 8.38. The van der Waals surface area contributed by atoms with Crippen molar-refractivity contribution >= 4 is 23.2 Å². The summed E-state index contributed by atoms with van der Waals surface area (Å²) in [6.07, 6.45) is 1.59. The van der Waals surface area contributed by atoms with Gasteiger partial charge in [0.1, 0.15) is 0 Å². The maximum absolute atomic E-state index is 12.7. The summed E-state index contributed by atoms with van der Waals surface area (Å²) in [4.78, 5) is 17.2. The highest BCUT2D eigenvalue weighted by Crippen LogP contribution is 2.51. The molecule has 1 aliphatic carbocycles. The van der Waals surface area contributed by atoms with Gasteiger partial charge < -0.3 is 4.90 Å². The van der Waals surface area contributed by atoms with E-state index < -0.39 is 0 Å². The topological polar surface area (TPSA) is 20.3 Å². The number of hydrogen-bond donors (Lipinski definition) is 0. The van der Waals surface area contributed by atoms with Crippen molar-refractivity contribution in [3.05, 3.63) is 70.8 Å². The van der Waals surface area contributed by atoms with Crippen LogP contribution in [0.4, 0.5) is 5.69 Å². The van der Waals surface area contributed by atoms with E-state index in [0.29, 0.717) is 12.2 Å². The lowest BCUT2D eigenvalue weighted by Crippen LogP contribution is -2.35. The quantitative estimate of drug-likeness (QED) is 0.733. The zero-order valence-electron chi connectivity index (χ0n) is 14.1. The van der Waals surface area contributed by atoms with Crippen molar-refractivity contribution in [2.75, 3.05) is 4.90 Å². The van der Waals surface area contributed by atoms with Crippen LogP contribution in [0, 0.1) is 5.41 Å². The van der Waals surface area contributed by atoms with Crippen molar-refractivity contribution in [1.29, 1.82) is 0 Å². The van der Waals surface area contributed by atoms with E-state index in [-0.39, 0.29) is 5.41 Å². The van der Waals surface area contributed by atoms with E-state index in [1.165, 1.54) is 21.8 Å². The molecule has 24 heavy (non-hydrogen) atoms. The number of ketones is 1. The molecule has 1 aliphatic heterocycles. The normalized spacial score (nSPS) is 19.1. The van der Waals surface area contributed by atoms with Gasteiger partial charge in [0.05, 0.1) is 10.6 Å². The van der Waals surface area contributed by atoms with Crippen molar-refractivity contribution in [3.8, 4) is 0 Å². The maximum atomic E-state index is 12.7. The fourth-order valence-corrected chi connectivity index (χ4v) is 4.71. The Bertz CT molecular complexity index is 823. The van der Waals surface area contributed by atoms with Crippen molar-refractivity contribution in [2.45, 2.75) is 38.1 Å². The van der Waals surface area contributed by atoms with Crippen LogP contribution >= 0.6 is 11.8 Å². The number of nitrogens with zero attached hydrogens (tertiary/aromatic N) is 1. The predicted molar refractivity (Wildman–Crippen MR) is 100.0 cm³/mol. The SMILES string of the molecule is CC1(C)CC(=O)C2=C(C1)N(Cc1ccccc1)c1ccccc1S2. The lowest BCUT2D eigenvalue weighted by atomic mass is 9.78. The molecule has 2 nitrogen and oxygen atoms in total. The molecule has 1 heterocycles. The number of carbonyl (C=O) groups is 1. The monoisotopic (exact) mass is 335 g/mol. The van der Waals surface area contributed by atoms with Gasteiger partial charge in [-0.3, -0.25) is 4.79 Å². The molecule has 2 aromatic rings. The number of rotatable bonds is 2. The summed E-state index contributed by atoms with van der Waals surface area (Å²) >= 11 is 1.65. The fourth-order valence-electron chi connectivity index (χ4n) is 3.57. The molecule has 0 radical (unpaired) electrons. The molecule has 0 N–H and O–H groups in total. The number of benzene rings is 2. The van der Waals surface area contributed by atoms with Gasteiger partial charge in [-0.2, -0.15) is 0 Å². The highest BCUT2D eigenvalue weighted by molar-refractivity contribution is 8.04. The Kier molecular flexibility index (Phi) is 3.76. The molecule has 3 heteroatoms. The van der Waals surface area contributed by atoms with Crippen LogP contribution in [0.1, 0.15) is 32.3 Å². The standard InChI is InChI=1S/C21H21NOS/c1-21(2)12-17-20(18(23)13-21)24-19-11-7-6-10-16(19)22(17)14-15-8-4-3-5-9-15/h3-11H,12-14H2,1-2H3. The summed E-state index contributed by atoms with van der Waals surface area (Å²) in [5, 5.41) is 0. The lowest BCUT2D eigenvalue weighted by Gasteiger charge is -2.41. The predicted octanol–water partition coefficient (Wildman–Crippen LogP) is 5.40. The Morgan fingerprint density at radius 2 is 1.71 bits per heavy atom. The van der Waals surface area contributed by atoms with E-state index in [1.54, 1.807) is 11.8 Å². The van der Waals surface area contributed by atoms with E-state index in [1.807, 2.05) is 6.07 Å². The average molecular weight is 335 g/mol. The second kappa shape index (κ2) is 5.82. The first kappa shape index (κ1) is 15.5. The average Bonchev–Trinajstić information content (AvgIpc) is 2.56. The molecule has 0 fully saturated rings. The third-order valence-electron chi connectivity index (χ3n) is 4.68. The van der Waals surface area contributed by atoms with Gasteiger partial charge in [-0.15, -0.1) is 0 Å². The smallest absolute Gasteiger partial charge is 0.171 e. The summed E-state index contributed by atoms with van der Waals surface area (Å²) < 4.78 is 0. The minimum absolute atomic E-state index is 0.0255. The van der Waals surface area contributed by atoms with Gasteiger partial charge in [0, 0.05) is 23.6 Å². The molecule has 0 amide bonds. The van der Waals surface area contributed by atoms with Crippen LogP contribution in [-0.4, -0.2) is 5.78 Å². The molecule has 0 aromatic heterocycles. The zero-order valence-corrected chi connectivity index (χ0v) is 14.9. The lowest BCUT2D eigenvalue weighted by molar-refractivity contribution is -0.117. The third-order valence-corrected chi connectivity index (χ3v) is 5.91. The van der Waals surface area contributed by atoms with Gasteiger partial charge in [-0.1, -0.05) is 68.1 Å². The van der Waals surface area contributed by atoms with Gasteiger partial charge in [0.2, 0.25) is 0 Å². The largest absolute Gasteiger partial charge is 0.338 e. The molecular formula is C21H21NOS. The number of hydrogen-bond acceptors (Lipinski definition) is 3. The Labute approximate surface area is 147 Å². The van der Waals surface area contributed by atoms with Gasteiger partial charge in [0.25, 0.3) is 0 Å². The molecule has 0 spiro atoms. The summed E-state index contributed by atoms with van der Waals surface area (Å²) in [6, 6.07) is 18.9. The minimum atomic E-state index is 0.0255. The van der Waals surface area contributed by atoms with E-state index in [9.17, 15) is 4.79 Å². The Balaban J connectivity index is 1.82. The Hall–Kier alpha value is -2.00. The minimum Gasteiger partial charge on any atom is -0.338 e. The van der Waals surface area contributed by atoms with E-state index in [0.717, 1.165) is 17.9 Å². The fraction of sp³-hybridized carbons (Fsp3) is 0.286. The zero-order chi connectivity index (χ0) is 16.7. The van der Waals surface area contributed by atoms with E-state index >= 15 is 0 Å². The van der Waals surface area contributed by atoms with Gasteiger partial charge >= 0.3 is 0 Å². The van der Waals surface area contributed by atoms with Crippen molar-refractivity contribution in [2.24, 2.45) is 5.41 Å². The van der Waals surface area contributed by atoms with Gasteiger partial charge in [-0.05, 0) is 29.5 Å². The number of thioether (sulfide) groups is 1. The van der Waals surface area contributed by atoms with E-state index in [4.69, 9.17) is 0 Å². The van der Waals surface area contributed by atoms with Crippen molar-refractivity contribution in [1.82, 2.24) is 0 Å². The van der Waals surface area contributed by atoms with Crippen LogP contribution < -0.4 is 4.90 Å². The highest BCUT2D eigenvalue weighted by atomic mass is 32.2. The molecule has 0 saturated carbocycles. The Morgan fingerprint density at radius 3 is 2.50 bits per heavy atom. The van der Waals surface area contributed by atoms with Gasteiger partial charge in [0.15, 0.2) is 5.78 Å². The molecular weight excluding hydrogens is 314 g/mol. The second-order valence-corrected chi connectivity index (χ2v) is 8.41. The molecule has 0 saturated heterocycles. The number of Topliss-reactive ketones (excluding diaryl/α,β-unsaturated/α-hetero) is 1. The number of para-hydroxylation sites is 1. The molecule has 2 aliphatic rings. The number of anilines is 1. The van der Waals surface area contributed by atoms with Crippen molar-refractivity contribution < 1.29 is 4.79 Å². The van der Waals surface area contributed by atoms with Crippen LogP contribution in [0.25, 0.3) is 0 Å². The molecule has 0 bridgehead atoms. The summed E-state index contributed by atoms with van der Waals surface area (Å²) in [5.41, 5.74) is 3.71. The van der Waals surface area contributed by atoms with E-state index in [2.05, 4.69) is 67.3 Å². The van der Waals surface area contributed by atoms with Crippen LogP contribution in [-0.2, 0) is 11.3 Å². The summed E-state index contributed by atoms with van der Waals surface area (Å²) in [6.45, 7) is 5.20. The highest BCUT2D eigenvalue weighted by Gasteiger charge is 2.38. The molecule has 0 atom stereocenters. The second-order valence-electron chi connectivity index (χ2n) is 7.36.